The van der Waals surface area contributed by atoms with Gasteiger partial charge in [0.05, 0.1) is 12.1 Å². The van der Waals surface area contributed by atoms with Crippen LogP contribution < -0.4 is 0 Å². The number of hydrogen-bond donors (Lipinski definition) is 1. The summed E-state index contributed by atoms with van der Waals surface area (Å²) < 4.78 is 0. The van der Waals surface area contributed by atoms with Gasteiger partial charge in [-0.25, -0.2) is 0 Å². The second-order valence-electron chi connectivity index (χ2n) is 6.41. The number of piperazine rings is 1. The first-order valence-electron chi connectivity index (χ1n) is 8.20. The summed E-state index contributed by atoms with van der Waals surface area (Å²) in [4.78, 5) is 7.24. The molecule has 2 heterocycles. The highest BCUT2D eigenvalue weighted by Gasteiger charge is 2.35. The van der Waals surface area contributed by atoms with Crippen LogP contribution in [0.5, 0.6) is 0 Å². The van der Waals surface area contributed by atoms with Crippen LogP contribution in [0.2, 0.25) is 0 Å². The molecule has 0 radical (unpaired) electrons. The van der Waals surface area contributed by atoms with Gasteiger partial charge in [0.2, 0.25) is 0 Å². The smallest absolute Gasteiger partial charge is 0.0998 e. The average Bonchev–Trinajstić information content (AvgIpc) is 2.70. The van der Waals surface area contributed by atoms with E-state index in [1.165, 1.54) is 15.4 Å². The first kappa shape index (κ1) is 15.2. The lowest BCUT2D eigenvalue weighted by atomic mass is 9.94. The van der Waals surface area contributed by atoms with Crippen LogP contribution in [0.1, 0.15) is 23.3 Å². The van der Waals surface area contributed by atoms with Crippen molar-refractivity contribution >= 4 is 11.8 Å². The quantitative estimate of drug-likeness (QED) is 0.871. The highest BCUT2D eigenvalue weighted by molar-refractivity contribution is 7.99. The average molecular weight is 326 g/mol. The van der Waals surface area contributed by atoms with E-state index in [1.54, 1.807) is 11.8 Å². The molecule has 0 amide bonds. The molecule has 1 fully saturated rings. The van der Waals surface area contributed by atoms with Crippen LogP contribution in [-0.4, -0.2) is 48.1 Å². The molecule has 2 aliphatic rings. The molecule has 1 saturated heterocycles. The third kappa shape index (κ3) is 2.81. The molecule has 2 atom stereocenters. The summed E-state index contributed by atoms with van der Waals surface area (Å²) in [5.74, 6) is 0. The number of aliphatic hydroxyl groups is 1. The first-order chi connectivity index (χ1) is 11.2. The summed E-state index contributed by atoms with van der Waals surface area (Å²) >= 11 is 1.78. The van der Waals surface area contributed by atoms with E-state index in [-0.39, 0.29) is 6.04 Å². The maximum absolute atomic E-state index is 11.2. The SMILES string of the molecule is CN1CCN([C@H]2c3ccccc3Sc3ccccc3[C@@H]2O)CC1. The number of fused-ring (bicyclic) bond motifs is 2. The maximum atomic E-state index is 11.2. The molecule has 23 heavy (non-hydrogen) atoms. The second-order valence-corrected chi connectivity index (χ2v) is 7.49. The van der Waals surface area contributed by atoms with Gasteiger partial charge in [-0.1, -0.05) is 48.2 Å². The Bertz CT molecular complexity index is 697. The molecule has 4 rings (SSSR count). The molecule has 0 spiro atoms. The van der Waals surface area contributed by atoms with Crippen molar-refractivity contribution in [3.05, 3.63) is 59.7 Å². The summed E-state index contributed by atoms with van der Waals surface area (Å²) in [5, 5.41) is 11.2. The van der Waals surface area contributed by atoms with Crippen molar-refractivity contribution in [2.24, 2.45) is 0 Å². The van der Waals surface area contributed by atoms with Gasteiger partial charge in [0.15, 0.2) is 0 Å². The van der Waals surface area contributed by atoms with E-state index in [4.69, 9.17) is 0 Å². The van der Waals surface area contributed by atoms with Crippen LogP contribution in [0, 0.1) is 0 Å². The van der Waals surface area contributed by atoms with Crippen molar-refractivity contribution in [1.29, 1.82) is 0 Å². The minimum atomic E-state index is -0.481. The van der Waals surface area contributed by atoms with E-state index in [0.717, 1.165) is 31.7 Å². The standard InChI is InChI=1S/C19H22N2OS/c1-20-10-12-21(13-11-20)18-14-6-2-4-8-16(14)23-17-9-5-3-7-15(17)19(18)22/h2-9,18-19,22H,10-13H2,1H3/t18-,19-/m0/s1. The van der Waals surface area contributed by atoms with Crippen molar-refractivity contribution in [3.63, 3.8) is 0 Å². The molecule has 2 aromatic rings. The largest absolute Gasteiger partial charge is 0.386 e. The van der Waals surface area contributed by atoms with Gasteiger partial charge in [-0.3, -0.25) is 4.90 Å². The van der Waals surface area contributed by atoms with Gasteiger partial charge in [0.25, 0.3) is 0 Å². The third-order valence-corrected chi connectivity index (χ3v) is 6.11. The zero-order chi connectivity index (χ0) is 15.8. The molecular formula is C19H22N2OS. The molecule has 2 aromatic carbocycles. The highest BCUT2D eigenvalue weighted by Crippen LogP contribution is 2.47. The normalized spacial score (nSPS) is 25.5. The van der Waals surface area contributed by atoms with Crippen LogP contribution in [0.4, 0.5) is 0 Å². The van der Waals surface area contributed by atoms with Crippen molar-refractivity contribution in [2.45, 2.75) is 21.9 Å². The molecule has 0 aliphatic carbocycles. The zero-order valence-electron chi connectivity index (χ0n) is 13.4. The summed E-state index contributed by atoms with van der Waals surface area (Å²) in [7, 11) is 2.17. The van der Waals surface area contributed by atoms with Crippen molar-refractivity contribution in [3.8, 4) is 0 Å². The van der Waals surface area contributed by atoms with Gasteiger partial charge in [0.1, 0.15) is 0 Å². The third-order valence-electron chi connectivity index (χ3n) is 4.93. The molecular weight excluding hydrogens is 304 g/mol. The summed E-state index contributed by atoms with van der Waals surface area (Å²) in [6, 6.07) is 16.8. The fourth-order valence-corrected chi connectivity index (χ4v) is 4.73. The van der Waals surface area contributed by atoms with E-state index in [0.29, 0.717) is 0 Å². The Morgan fingerprint density at radius 1 is 0.870 bits per heavy atom. The van der Waals surface area contributed by atoms with Crippen LogP contribution in [-0.2, 0) is 0 Å². The number of rotatable bonds is 1. The lowest BCUT2D eigenvalue weighted by Gasteiger charge is -2.40. The molecule has 0 unspecified atom stereocenters. The molecule has 4 heteroatoms. The Kier molecular flexibility index (Phi) is 4.16. The van der Waals surface area contributed by atoms with Gasteiger partial charge in [-0.15, -0.1) is 0 Å². The van der Waals surface area contributed by atoms with Crippen LogP contribution in [0.3, 0.4) is 0 Å². The minimum absolute atomic E-state index is 0.0380. The molecule has 2 aliphatic heterocycles. The molecule has 120 valence electrons. The van der Waals surface area contributed by atoms with Crippen LogP contribution >= 0.6 is 11.8 Å². The summed E-state index contributed by atoms with van der Waals surface area (Å²) in [6.45, 7) is 4.11. The number of nitrogens with zero attached hydrogens (tertiary/aromatic N) is 2. The Labute approximate surface area is 141 Å². The number of hydrogen-bond acceptors (Lipinski definition) is 4. The van der Waals surface area contributed by atoms with E-state index in [9.17, 15) is 5.11 Å². The lowest BCUT2D eigenvalue weighted by Crippen LogP contribution is -2.47. The molecule has 0 saturated carbocycles. The molecule has 1 N–H and O–H groups in total. The summed E-state index contributed by atoms with van der Waals surface area (Å²) in [5.41, 5.74) is 2.31. The number of benzene rings is 2. The Balaban J connectivity index is 1.79. The van der Waals surface area contributed by atoms with Gasteiger partial charge in [-0.05, 0) is 30.3 Å². The first-order valence-corrected chi connectivity index (χ1v) is 9.02. The van der Waals surface area contributed by atoms with E-state index in [2.05, 4.69) is 59.3 Å². The number of aliphatic hydroxyl groups excluding tert-OH is 1. The summed E-state index contributed by atoms with van der Waals surface area (Å²) in [6.07, 6.45) is -0.481. The van der Waals surface area contributed by atoms with E-state index >= 15 is 0 Å². The van der Waals surface area contributed by atoms with Gasteiger partial charge in [0, 0.05) is 36.0 Å². The van der Waals surface area contributed by atoms with Gasteiger partial charge >= 0.3 is 0 Å². The maximum Gasteiger partial charge on any atom is 0.0998 e. The minimum Gasteiger partial charge on any atom is -0.386 e. The van der Waals surface area contributed by atoms with Crippen molar-refractivity contribution in [2.75, 3.05) is 33.2 Å². The fraction of sp³-hybridized carbons (Fsp3) is 0.368. The molecule has 0 aromatic heterocycles. The Hall–Kier alpha value is -1.33. The van der Waals surface area contributed by atoms with Crippen LogP contribution in [0.25, 0.3) is 0 Å². The predicted octanol–water partition coefficient (Wildman–Crippen LogP) is 3.17. The van der Waals surface area contributed by atoms with Gasteiger partial charge < -0.3 is 10.0 Å². The molecule has 3 nitrogen and oxygen atoms in total. The fourth-order valence-electron chi connectivity index (χ4n) is 3.59. The zero-order valence-corrected chi connectivity index (χ0v) is 14.2. The van der Waals surface area contributed by atoms with Crippen LogP contribution in [0.15, 0.2) is 58.3 Å². The molecule has 0 bridgehead atoms. The Morgan fingerprint density at radius 3 is 2.13 bits per heavy atom. The highest BCUT2D eigenvalue weighted by atomic mass is 32.2. The van der Waals surface area contributed by atoms with Gasteiger partial charge in [-0.2, -0.15) is 0 Å². The Morgan fingerprint density at radius 2 is 1.43 bits per heavy atom. The monoisotopic (exact) mass is 326 g/mol. The topological polar surface area (TPSA) is 26.7 Å². The second kappa shape index (κ2) is 6.29. The van der Waals surface area contributed by atoms with E-state index in [1.807, 2.05) is 6.07 Å². The lowest BCUT2D eigenvalue weighted by molar-refractivity contribution is 0.0195. The van der Waals surface area contributed by atoms with Crippen molar-refractivity contribution < 1.29 is 5.11 Å². The number of likely N-dealkylation sites (N-methyl/N-ethyl adjacent to an activating group) is 1. The predicted molar refractivity (Wildman–Crippen MR) is 93.8 cm³/mol. The van der Waals surface area contributed by atoms with E-state index < -0.39 is 6.10 Å². The van der Waals surface area contributed by atoms with Crippen molar-refractivity contribution in [1.82, 2.24) is 9.80 Å².